The molecule has 36 heavy (non-hydrogen) atoms. The van der Waals surface area contributed by atoms with Gasteiger partial charge in [0.15, 0.2) is 0 Å². The van der Waals surface area contributed by atoms with Gasteiger partial charge in [-0.25, -0.2) is 0 Å². The Hall–Kier alpha value is -3.84. The average Bonchev–Trinajstić information content (AvgIpc) is 3.49. The van der Waals surface area contributed by atoms with Gasteiger partial charge in [0, 0.05) is 42.9 Å². The van der Waals surface area contributed by atoms with Crippen LogP contribution >= 0.6 is 0 Å². The van der Waals surface area contributed by atoms with E-state index in [2.05, 4.69) is 57.7 Å². The first kappa shape index (κ1) is 22.6. The zero-order chi connectivity index (χ0) is 24.6. The zero-order valence-electron chi connectivity index (χ0n) is 20.0. The van der Waals surface area contributed by atoms with Crippen LogP contribution in [0, 0.1) is 0 Å². The van der Waals surface area contributed by atoms with Gasteiger partial charge in [0.2, 0.25) is 11.8 Å². The minimum atomic E-state index is -0.606. The number of fused-ring (bicyclic) bond motifs is 1. The molecule has 3 aromatic rings. The summed E-state index contributed by atoms with van der Waals surface area (Å²) in [7, 11) is 0. The third-order valence-electron chi connectivity index (χ3n) is 7.58. The van der Waals surface area contributed by atoms with Crippen LogP contribution < -0.4 is 5.32 Å². The number of aromatic nitrogens is 1. The van der Waals surface area contributed by atoms with Crippen molar-refractivity contribution in [2.75, 3.05) is 6.54 Å². The molecule has 6 rings (SSSR count). The summed E-state index contributed by atoms with van der Waals surface area (Å²) in [6.45, 7) is 2.30. The maximum atomic E-state index is 13.0. The maximum absolute atomic E-state index is 13.0. The van der Waals surface area contributed by atoms with E-state index in [0.29, 0.717) is 24.6 Å². The molecule has 3 aliphatic rings. The maximum Gasteiger partial charge on any atom is 0.255 e. The zero-order valence-corrected chi connectivity index (χ0v) is 20.0. The minimum Gasteiger partial charge on any atom is -0.322 e. The van der Waals surface area contributed by atoms with Gasteiger partial charge in [0.25, 0.3) is 5.91 Å². The Morgan fingerprint density at radius 2 is 1.81 bits per heavy atom. The van der Waals surface area contributed by atoms with E-state index in [1.165, 1.54) is 24.0 Å². The number of likely N-dealkylation sites (tertiary alicyclic amines) is 1. The molecule has 7 heteroatoms. The van der Waals surface area contributed by atoms with E-state index in [1.54, 1.807) is 4.90 Å². The Morgan fingerprint density at radius 1 is 0.944 bits per heavy atom. The second-order valence-corrected chi connectivity index (χ2v) is 9.86. The number of amides is 3. The lowest BCUT2D eigenvalue weighted by Gasteiger charge is -2.29. The molecule has 0 radical (unpaired) electrons. The number of carbonyl (C=O) groups is 3. The van der Waals surface area contributed by atoms with Gasteiger partial charge >= 0.3 is 0 Å². The molecular formula is C29H28N4O3. The Bertz CT molecular complexity index is 1340. The quantitative estimate of drug-likeness (QED) is 0.561. The van der Waals surface area contributed by atoms with Crippen molar-refractivity contribution >= 4 is 17.7 Å². The van der Waals surface area contributed by atoms with Crippen LogP contribution in [0.25, 0.3) is 11.3 Å². The highest BCUT2D eigenvalue weighted by Crippen LogP contribution is 2.34. The lowest BCUT2D eigenvalue weighted by Crippen LogP contribution is -2.52. The molecule has 2 aromatic carbocycles. The molecule has 182 valence electrons. The van der Waals surface area contributed by atoms with E-state index in [1.807, 2.05) is 24.4 Å². The summed E-state index contributed by atoms with van der Waals surface area (Å²) >= 11 is 0. The first-order chi connectivity index (χ1) is 17.6. The van der Waals surface area contributed by atoms with Crippen LogP contribution in [-0.4, -0.2) is 45.1 Å². The van der Waals surface area contributed by atoms with Crippen LogP contribution in [0.1, 0.15) is 58.8 Å². The van der Waals surface area contributed by atoms with Crippen LogP contribution in [0.2, 0.25) is 0 Å². The molecule has 3 amide bonds. The molecule has 0 aliphatic carbocycles. The number of nitrogens with one attached hydrogen (secondary N) is 1. The molecule has 1 aromatic heterocycles. The highest BCUT2D eigenvalue weighted by atomic mass is 16.2. The molecular weight excluding hydrogens is 452 g/mol. The van der Waals surface area contributed by atoms with Crippen molar-refractivity contribution in [1.82, 2.24) is 20.1 Å². The second kappa shape index (κ2) is 9.32. The fourth-order valence-electron chi connectivity index (χ4n) is 5.77. The number of pyridine rings is 1. The van der Waals surface area contributed by atoms with Crippen molar-refractivity contribution in [3.05, 3.63) is 89.1 Å². The summed E-state index contributed by atoms with van der Waals surface area (Å²) < 4.78 is 0. The van der Waals surface area contributed by atoms with Crippen LogP contribution in [-0.2, 0) is 22.7 Å². The monoisotopic (exact) mass is 480 g/mol. The predicted molar refractivity (Wildman–Crippen MR) is 135 cm³/mol. The van der Waals surface area contributed by atoms with Gasteiger partial charge in [-0.15, -0.1) is 0 Å². The summed E-state index contributed by atoms with van der Waals surface area (Å²) in [6.07, 6.45) is 4.83. The lowest BCUT2D eigenvalue weighted by molar-refractivity contribution is -0.136. The van der Waals surface area contributed by atoms with Gasteiger partial charge in [-0.2, -0.15) is 0 Å². The summed E-state index contributed by atoms with van der Waals surface area (Å²) in [5.74, 6) is -0.830. The molecule has 0 saturated carbocycles. The van der Waals surface area contributed by atoms with Crippen LogP contribution in [0.15, 0.2) is 66.9 Å². The average molecular weight is 481 g/mol. The molecule has 4 heterocycles. The van der Waals surface area contributed by atoms with E-state index in [0.717, 1.165) is 29.9 Å². The largest absolute Gasteiger partial charge is 0.322 e. The van der Waals surface area contributed by atoms with Crippen molar-refractivity contribution in [1.29, 1.82) is 0 Å². The Balaban J connectivity index is 1.20. The van der Waals surface area contributed by atoms with Crippen LogP contribution in [0.3, 0.4) is 0 Å². The molecule has 0 spiro atoms. The number of hydrogen-bond acceptors (Lipinski definition) is 5. The predicted octanol–water partition coefficient (Wildman–Crippen LogP) is 3.85. The molecule has 0 bridgehead atoms. The molecule has 1 N–H and O–H groups in total. The lowest BCUT2D eigenvalue weighted by atomic mass is 10.0. The normalized spacial score (nSPS) is 22.1. The van der Waals surface area contributed by atoms with Crippen molar-refractivity contribution in [2.24, 2.45) is 0 Å². The fourth-order valence-corrected chi connectivity index (χ4v) is 5.77. The van der Waals surface area contributed by atoms with E-state index in [-0.39, 0.29) is 18.2 Å². The van der Waals surface area contributed by atoms with Gasteiger partial charge in [-0.05, 0) is 66.8 Å². The van der Waals surface area contributed by atoms with Crippen molar-refractivity contribution in [3.8, 4) is 11.3 Å². The van der Waals surface area contributed by atoms with Crippen LogP contribution in [0.5, 0.6) is 0 Å². The van der Waals surface area contributed by atoms with Gasteiger partial charge in [0.05, 0.1) is 5.69 Å². The number of imide groups is 1. The summed E-state index contributed by atoms with van der Waals surface area (Å²) in [5, 5.41) is 2.35. The SMILES string of the molecule is O=C1CCC(N2Cc3cc(-c4cc(CN5CCCC5c5ccccc5)ccn4)ccc3C2=O)C(=O)N1. The summed E-state index contributed by atoms with van der Waals surface area (Å²) in [6, 6.07) is 20.5. The highest BCUT2D eigenvalue weighted by molar-refractivity contribution is 6.05. The fraction of sp³-hybridized carbons (Fsp3) is 0.310. The molecule has 3 aliphatic heterocycles. The van der Waals surface area contributed by atoms with E-state index in [9.17, 15) is 14.4 Å². The van der Waals surface area contributed by atoms with Crippen molar-refractivity contribution in [3.63, 3.8) is 0 Å². The molecule has 7 nitrogen and oxygen atoms in total. The summed E-state index contributed by atoms with van der Waals surface area (Å²) in [4.78, 5) is 45.6. The molecule has 2 fully saturated rings. The van der Waals surface area contributed by atoms with Crippen LogP contribution in [0.4, 0.5) is 0 Å². The molecule has 2 saturated heterocycles. The Kier molecular flexibility index (Phi) is 5.85. The number of piperidine rings is 1. The molecule has 2 atom stereocenters. The van der Waals surface area contributed by atoms with Gasteiger partial charge in [0.1, 0.15) is 6.04 Å². The Morgan fingerprint density at radius 3 is 2.64 bits per heavy atom. The first-order valence-electron chi connectivity index (χ1n) is 12.6. The number of hydrogen-bond donors (Lipinski definition) is 1. The number of nitrogens with zero attached hydrogens (tertiary/aromatic N) is 3. The van der Waals surface area contributed by atoms with E-state index in [4.69, 9.17) is 0 Å². The number of rotatable bonds is 5. The third kappa shape index (κ3) is 4.20. The Labute approximate surface area is 210 Å². The van der Waals surface area contributed by atoms with Crippen molar-refractivity contribution < 1.29 is 14.4 Å². The van der Waals surface area contributed by atoms with Gasteiger partial charge in [-0.1, -0.05) is 36.4 Å². The van der Waals surface area contributed by atoms with E-state index < -0.39 is 11.9 Å². The van der Waals surface area contributed by atoms with Gasteiger partial charge in [-0.3, -0.25) is 29.6 Å². The minimum absolute atomic E-state index is 0.159. The first-order valence-corrected chi connectivity index (χ1v) is 12.6. The number of benzene rings is 2. The summed E-state index contributed by atoms with van der Waals surface area (Å²) in [5.41, 5.74) is 5.91. The smallest absolute Gasteiger partial charge is 0.255 e. The van der Waals surface area contributed by atoms with Gasteiger partial charge < -0.3 is 4.90 Å². The third-order valence-corrected chi connectivity index (χ3v) is 7.58. The topological polar surface area (TPSA) is 82.6 Å². The second-order valence-electron chi connectivity index (χ2n) is 9.86. The van der Waals surface area contributed by atoms with E-state index >= 15 is 0 Å². The molecule has 2 unspecified atom stereocenters. The highest BCUT2D eigenvalue weighted by Gasteiger charge is 2.39. The standard InChI is InChI=1S/C29H28N4O3/c34-27-11-10-26(28(35)31-27)33-18-22-16-21(8-9-23(22)29(33)36)24-15-19(12-13-30-24)17-32-14-4-7-25(32)20-5-2-1-3-6-20/h1-3,5-6,8-9,12-13,15-16,25-26H,4,7,10-11,14,17-18H2,(H,31,34,35). The number of carbonyl (C=O) groups excluding carboxylic acids is 3. The van der Waals surface area contributed by atoms with Crippen molar-refractivity contribution in [2.45, 2.75) is 50.9 Å².